The molecule has 20 heavy (non-hydrogen) atoms. The minimum absolute atomic E-state index is 0.0449. The van der Waals surface area contributed by atoms with E-state index in [4.69, 9.17) is 5.73 Å². The van der Waals surface area contributed by atoms with Gasteiger partial charge in [-0.2, -0.15) is 0 Å². The second kappa shape index (κ2) is 5.35. The summed E-state index contributed by atoms with van der Waals surface area (Å²) in [5.41, 5.74) is 8.84. The summed E-state index contributed by atoms with van der Waals surface area (Å²) in [4.78, 5) is 1.11. The molecule has 0 saturated heterocycles. The Kier molecular flexibility index (Phi) is 3.55. The zero-order valence-corrected chi connectivity index (χ0v) is 12.1. The first-order valence-electron chi connectivity index (χ1n) is 6.62. The van der Waals surface area contributed by atoms with Crippen molar-refractivity contribution in [3.63, 3.8) is 0 Å². The van der Waals surface area contributed by atoms with Crippen molar-refractivity contribution in [3.05, 3.63) is 70.4 Å². The molecule has 3 rings (SSSR count). The van der Waals surface area contributed by atoms with Crippen LogP contribution in [0.3, 0.4) is 0 Å². The molecule has 0 aliphatic rings. The van der Waals surface area contributed by atoms with E-state index < -0.39 is 0 Å². The first-order chi connectivity index (χ1) is 9.63. The fourth-order valence-electron chi connectivity index (χ4n) is 2.39. The van der Waals surface area contributed by atoms with Crippen molar-refractivity contribution in [2.75, 3.05) is 0 Å². The fraction of sp³-hybridized carbons (Fsp3) is 0.176. The summed E-state index contributed by atoms with van der Waals surface area (Å²) < 4.78 is 14.3. The van der Waals surface area contributed by atoms with Crippen LogP contribution >= 0.6 is 11.3 Å². The third kappa shape index (κ3) is 2.60. The molecular formula is C17H16FNS. The lowest BCUT2D eigenvalue weighted by molar-refractivity contribution is 0.630. The van der Waals surface area contributed by atoms with Gasteiger partial charge in [0, 0.05) is 15.6 Å². The van der Waals surface area contributed by atoms with Crippen molar-refractivity contribution in [3.8, 4) is 0 Å². The lowest BCUT2D eigenvalue weighted by Crippen LogP contribution is -2.12. The van der Waals surface area contributed by atoms with E-state index in [-0.39, 0.29) is 11.9 Å². The van der Waals surface area contributed by atoms with Crippen molar-refractivity contribution in [2.24, 2.45) is 5.73 Å². The molecule has 0 bridgehead atoms. The molecule has 0 radical (unpaired) electrons. The monoisotopic (exact) mass is 285 g/mol. The molecule has 0 aliphatic carbocycles. The van der Waals surface area contributed by atoms with E-state index in [2.05, 4.69) is 19.1 Å². The summed E-state index contributed by atoms with van der Waals surface area (Å²) in [6, 6.07) is 15.1. The number of rotatable bonds is 3. The van der Waals surface area contributed by atoms with Crippen molar-refractivity contribution in [1.82, 2.24) is 0 Å². The highest BCUT2D eigenvalue weighted by Gasteiger charge is 2.12. The standard InChI is InChI=1S/C17H16FNS/c1-11-4-2-3-5-12(11)9-15(19)17-10-13-8-14(18)6-7-16(13)20-17/h2-8,10,15H,9,19H2,1H3. The SMILES string of the molecule is Cc1ccccc1CC(N)c1cc2cc(F)ccc2s1. The number of hydrogen-bond donors (Lipinski definition) is 1. The molecule has 1 nitrogen and oxygen atoms in total. The molecule has 3 aromatic rings. The van der Waals surface area contributed by atoms with Crippen molar-refractivity contribution in [1.29, 1.82) is 0 Å². The molecule has 3 heteroatoms. The average molecular weight is 285 g/mol. The van der Waals surface area contributed by atoms with Crippen molar-refractivity contribution >= 4 is 21.4 Å². The van der Waals surface area contributed by atoms with Crippen LogP contribution in [0.15, 0.2) is 48.5 Å². The maximum atomic E-state index is 13.2. The minimum Gasteiger partial charge on any atom is -0.323 e. The molecule has 0 spiro atoms. The number of nitrogens with two attached hydrogens (primary N) is 1. The van der Waals surface area contributed by atoms with Gasteiger partial charge in [0.15, 0.2) is 0 Å². The Morgan fingerprint density at radius 1 is 1.15 bits per heavy atom. The Morgan fingerprint density at radius 3 is 2.75 bits per heavy atom. The first kappa shape index (κ1) is 13.3. The summed E-state index contributed by atoms with van der Waals surface area (Å²) in [7, 11) is 0. The number of hydrogen-bond acceptors (Lipinski definition) is 2. The van der Waals surface area contributed by atoms with Gasteiger partial charge in [-0.15, -0.1) is 11.3 Å². The third-order valence-electron chi connectivity index (χ3n) is 3.56. The van der Waals surface area contributed by atoms with Gasteiger partial charge < -0.3 is 5.73 Å². The second-order valence-electron chi connectivity index (χ2n) is 5.07. The van der Waals surface area contributed by atoms with Gasteiger partial charge in [0.2, 0.25) is 0 Å². The highest BCUT2D eigenvalue weighted by atomic mass is 32.1. The largest absolute Gasteiger partial charge is 0.323 e. The molecule has 1 aromatic heterocycles. The van der Waals surface area contributed by atoms with Crippen molar-refractivity contribution < 1.29 is 4.39 Å². The second-order valence-corrected chi connectivity index (χ2v) is 6.18. The minimum atomic E-state index is -0.200. The molecule has 0 amide bonds. The molecule has 0 aliphatic heterocycles. The Hall–Kier alpha value is -1.71. The molecule has 0 saturated carbocycles. The van der Waals surface area contributed by atoms with Crippen LogP contribution in [-0.2, 0) is 6.42 Å². The molecular weight excluding hydrogens is 269 g/mol. The quantitative estimate of drug-likeness (QED) is 0.748. The van der Waals surface area contributed by atoms with Gasteiger partial charge in [0.25, 0.3) is 0 Å². The number of aryl methyl sites for hydroxylation is 1. The maximum absolute atomic E-state index is 13.2. The molecule has 2 N–H and O–H groups in total. The van der Waals surface area contributed by atoms with Crippen LogP contribution in [0.1, 0.15) is 22.0 Å². The van der Waals surface area contributed by atoms with Gasteiger partial charge in [-0.25, -0.2) is 4.39 Å². The van der Waals surface area contributed by atoms with E-state index in [1.54, 1.807) is 17.4 Å². The molecule has 102 valence electrons. The zero-order valence-electron chi connectivity index (χ0n) is 11.3. The fourth-order valence-corrected chi connectivity index (χ4v) is 3.44. The topological polar surface area (TPSA) is 26.0 Å². The van der Waals surface area contributed by atoms with Gasteiger partial charge in [0.05, 0.1) is 0 Å². The van der Waals surface area contributed by atoms with Crippen molar-refractivity contribution in [2.45, 2.75) is 19.4 Å². The van der Waals surface area contributed by atoms with E-state index in [9.17, 15) is 4.39 Å². The molecule has 1 atom stereocenters. The smallest absolute Gasteiger partial charge is 0.123 e. The Balaban J connectivity index is 1.89. The van der Waals surface area contributed by atoms with Crippen LogP contribution in [0.5, 0.6) is 0 Å². The van der Waals surface area contributed by atoms with Crippen LogP contribution in [0, 0.1) is 12.7 Å². The van der Waals surface area contributed by atoms with Gasteiger partial charge in [0.1, 0.15) is 5.82 Å². The Morgan fingerprint density at radius 2 is 1.95 bits per heavy atom. The summed E-state index contributed by atoms with van der Waals surface area (Å²) in [6.45, 7) is 2.10. The third-order valence-corrected chi connectivity index (χ3v) is 4.81. The maximum Gasteiger partial charge on any atom is 0.123 e. The van der Waals surface area contributed by atoms with Crippen LogP contribution in [0.2, 0.25) is 0 Å². The predicted octanol–water partition coefficient (Wildman–Crippen LogP) is 4.59. The van der Waals surface area contributed by atoms with E-state index >= 15 is 0 Å². The van der Waals surface area contributed by atoms with E-state index in [0.29, 0.717) is 0 Å². The van der Waals surface area contributed by atoms with E-state index in [1.165, 1.54) is 17.2 Å². The van der Waals surface area contributed by atoms with Gasteiger partial charge in [-0.3, -0.25) is 0 Å². The normalized spacial score (nSPS) is 12.8. The Labute approximate surface area is 121 Å². The van der Waals surface area contributed by atoms with Crippen LogP contribution < -0.4 is 5.73 Å². The Bertz CT molecular complexity index is 748. The summed E-state index contributed by atoms with van der Waals surface area (Å²) in [5, 5.41) is 0.935. The van der Waals surface area contributed by atoms with Gasteiger partial charge in [-0.05, 0) is 54.1 Å². The number of fused-ring (bicyclic) bond motifs is 1. The lowest BCUT2D eigenvalue weighted by atomic mass is 10.0. The average Bonchev–Trinajstić information content (AvgIpc) is 2.84. The highest BCUT2D eigenvalue weighted by Crippen LogP contribution is 2.31. The molecule has 2 aromatic carbocycles. The molecule has 1 heterocycles. The van der Waals surface area contributed by atoms with E-state index in [0.717, 1.165) is 21.4 Å². The molecule has 0 fully saturated rings. The zero-order chi connectivity index (χ0) is 14.1. The van der Waals surface area contributed by atoms with Gasteiger partial charge in [-0.1, -0.05) is 24.3 Å². The first-order valence-corrected chi connectivity index (χ1v) is 7.44. The summed E-state index contributed by atoms with van der Waals surface area (Å²) in [5.74, 6) is -0.200. The van der Waals surface area contributed by atoms with Gasteiger partial charge >= 0.3 is 0 Å². The van der Waals surface area contributed by atoms with Crippen LogP contribution in [-0.4, -0.2) is 0 Å². The number of thiophene rings is 1. The predicted molar refractivity (Wildman–Crippen MR) is 83.6 cm³/mol. The summed E-state index contributed by atoms with van der Waals surface area (Å²) in [6.07, 6.45) is 0.808. The van der Waals surface area contributed by atoms with Crippen LogP contribution in [0.25, 0.3) is 10.1 Å². The lowest BCUT2D eigenvalue weighted by Gasteiger charge is -2.11. The number of halogens is 1. The highest BCUT2D eigenvalue weighted by molar-refractivity contribution is 7.19. The number of benzene rings is 2. The summed E-state index contributed by atoms with van der Waals surface area (Å²) >= 11 is 1.65. The molecule has 1 unspecified atom stereocenters. The van der Waals surface area contributed by atoms with E-state index in [1.807, 2.05) is 24.3 Å². The van der Waals surface area contributed by atoms with Crippen LogP contribution in [0.4, 0.5) is 4.39 Å².